The molecule has 1 saturated heterocycles. The minimum Gasteiger partial charge on any atom is -0.508 e. The van der Waals surface area contributed by atoms with Gasteiger partial charge in [0.2, 0.25) is 0 Å². The highest BCUT2D eigenvalue weighted by Gasteiger charge is 2.13. The Morgan fingerprint density at radius 3 is 2.58 bits per heavy atom. The van der Waals surface area contributed by atoms with E-state index >= 15 is 0 Å². The third kappa shape index (κ3) is 3.63. The summed E-state index contributed by atoms with van der Waals surface area (Å²) in [5.74, 6) is 1.58. The number of likely N-dealkylation sites (tertiary alicyclic amines) is 1. The molecule has 1 aromatic carbocycles. The molecule has 1 aliphatic rings. The third-order valence-electron chi connectivity index (χ3n) is 3.81. The van der Waals surface area contributed by atoms with E-state index in [1.807, 2.05) is 13.0 Å². The zero-order valence-corrected chi connectivity index (χ0v) is 12.3. The summed E-state index contributed by atoms with van der Waals surface area (Å²) in [6.45, 7) is 10.3. The van der Waals surface area contributed by atoms with E-state index in [1.54, 1.807) is 6.07 Å². The van der Waals surface area contributed by atoms with Gasteiger partial charge in [-0.05, 0) is 56.5 Å². The van der Waals surface area contributed by atoms with Crippen molar-refractivity contribution in [2.75, 3.05) is 26.2 Å². The number of nitrogens with zero attached hydrogens (tertiary/aromatic N) is 1. The van der Waals surface area contributed by atoms with Crippen LogP contribution in [0.4, 0.5) is 0 Å². The number of rotatable bonds is 5. The second-order valence-electron chi connectivity index (χ2n) is 5.73. The molecule has 0 bridgehead atoms. The van der Waals surface area contributed by atoms with Gasteiger partial charge in [0.25, 0.3) is 0 Å². The first kappa shape index (κ1) is 14.2. The van der Waals surface area contributed by atoms with E-state index in [0.717, 1.165) is 30.0 Å². The summed E-state index contributed by atoms with van der Waals surface area (Å²) in [6.07, 6.45) is 2.63. The number of phenolic OH excluding ortho intramolecular Hbond substituents is 1. The SMILES string of the molecule is Cc1cc(O)c(C(C)C)cc1OCCN1CCCC1. The normalized spacial score (nSPS) is 16.2. The number of ether oxygens (including phenoxy) is 1. The Morgan fingerprint density at radius 2 is 1.95 bits per heavy atom. The number of aromatic hydroxyl groups is 1. The second-order valence-corrected chi connectivity index (χ2v) is 5.73. The summed E-state index contributed by atoms with van der Waals surface area (Å²) in [5, 5.41) is 9.92. The highest BCUT2D eigenvalue weighted by Crippen LogP contribution is 2.32. The van der Waals surface area contributed by atoms with Crippen LogP contribution in [0.3, 0.4) is 0 Å². The van der Waals surface area contributed by atoms with E-state index < -0.39 is 0 Å². The lowest BCUT2D eigenvalue weighted by atomic mass is 10.00. The molecule has 106 valence electrons. The van der Waals surface area contributed by atoms with E-state index in [9.17, 15) is 5.11 Å². The molecule has 1 aliphatic heterocycles. The monoisotopic (exact) mass is 263 g/mol. The number of hydrogen-bond donors (Lipinski definition) is 1. The lowest BCUT2D eigenvalue weighted by molar-refractivity contribution is 0.236. The lowest BCUT2D eigenvalue weighted by Crippen LogP contribution is -2.25. The van der Waals surface area contributed by atoms with Crippen LogP contribution in [0.5, 0.6) is 11.5 Å². The first-order valence-corrected chi connectivity index (χ1v) is 7.26. The van der Waals surface area contributed by atoms with Gasteiger partial charge in [-0.25, -0.2) is 0 Å². The van der Waals surface area contributed by atoms with Gasteiger partial charge in [0.1, 0.15) is 18.1 Å². The topological polar surface area (TPSA) is 32.7 Å². The maximum absolute atomic E-state index is 9.92. The molecule has 1 aromatic rings. The number of hydrogen-bond acceptors (Lipinski definition) is 3. The highest BCUT2D eigenvalue weighted by atomic mass is 16.5. The van der Waals surface area contributed by atoms with Gasteiger partial charge in [-0.3, -0.25) is 4.90 Å². The van der Waals surface area contributed by atoms with Crippen LogP contribution in [-0.2, 0) is 0 Å². The summed E-state index contributed by atoms with van der Waals surface area (Å²) in [6, 6.07) is 3.79. The Balaban J connectivity index is 1.96. The fourth-order valence-electron chi connectivity index (χ4n) is 2.60. The van der Waals surface area contributed by atoms with Crippen LogP contribution < -0.4 is 4.74 Å². The molecule has 1 fully saturated rings. The first-order valence-electron chi connectivity index (χ1n) is 7.26. The predicted octanol–water partition coefficient (Wildman–Crippen LogP) is 3.30. The Kier molecular flexibility index (Phi) is 4.70. The van der Waals surface area contributed by atoms with Crippen molar-refractivity contribution in [3.05, 3.63) is 23.3 Å². The van der Waals surface area contributed by atoms with Crippen LogP contribution >= 0.6 is 0 Å². The van der Waals surface area contributed by atoms with Crippen LogP contribution in [0, 0.1) is 6.92 Å². The molecule has 0 radical (unpaired) electrons. The first-order chi connectivity index (χ1) is 9.08. The lowest BCUT2D eigenvalue weighted by Gasteiger charge is -2.17. The second kappa shape index (κ2) is 6.29. The molecule has 2 rings (SSSR count). The molecule has 3 nitrogen and oxygen atoms in total. The maximum atomic E-state index is 9.92. The Hall–Kier alpha value is -1.22. The molecule has 0 unspecified atom stereocenters. The number of benzene rings is 1. The largest absolute Gasteiger partial charge is 0.508 e. The molecule has 1 heterocycles. The molecule has 3 heteroatoms. The van der Waals surface area contributed by atoms with Crippen molar-refractivity contribution in [3.8, 4) is 11.5 Å². The van der Waals surface area contributed by atoms with Crippen molar-refractivity contribution in [1.29, 1.82) is 0 Å². The molecule has 0 amide bonds. The summed E-state index contributed by atoms with van der Waals surface area (Å²) < 4.78 is 5.89. The van der Waals surface area contributed by atoms with E-state index in [2.05, 4.69) is 18.7 Å². The highest BCUT2D eigenvalue weighted by molar-refractivity contribution is 5.46. The van der Waals surface area contributed by atoms with Crippen molar-refractivity contribution in [2.45, 2.75) is 39.5 Å². The molecule has 1 N–H and O–H groups in total. The molecule has 0 saturated carbocycles. The Bertz CT molecular complexity index is 423. The molecule has 19 heavy (non-hydrogen) atoms. The van der Waals surface area contributed by atoms with Crippen molar-refractivity contribution >= 4 is 0 Å². The fraction of sp³-hybridized carbons (Fsp3) is 0.625. The predicted molar refractivity (Wildman–Crippen MR) is 78.1 cm³/mol. The summed E-state index contributed by atoms with van der Waals surface area (Å²) >= 11 is 0. The van der Waals surface area contributed by atoms with Crippen LogP contribution in [-0.4, -0.2) is 36.2 Å². The van der Waals surface area contributed by atoms with Gasteiger partial charge in [-0.2, -0.15) is 0 Å². The van der Waals surface area contributed by atoms with Gasteiger partial charge >= 0.3 is 0 Å². The average Bonchev–Trinajstić information content (AvgIpc) is 2.84. The molecule has 0 spiro atoms. The molecule has 0 atom stereocenters. The van der Waals surface area contributed by atoms with E-state index in [1.165, 1.54) is 25.9 Å². The summed E-state index contributed by atoms with van der Waals surface area (Å²) in [5.41, 5.74) is 1.96. The quantitative estimate of drug-likeness (QED) is 0.884. The zero-order chi connectivity index (χ0) is 13.8. The van der Waals surface area contributed by atoms with Crippen LogP contribution in [0.2, 0.25) is 0 Å². The van der Waals surface area contributed by atoms with Crippen LogP contribution in [0.15, 0.2) is 12.1 Å². The standard InChI is InChI=1S/C16H25NO2/c1-12(2)14-11-16(13(3)10-15(14)18)19-9-8-17-6-4-5-7-17/h10-12,18H,4-9H2,1-3H3. The minimum atomic E-state index is 0.307. The van der Waals surface area contributed by atoms with Gasteiger partial charge in [-0.15, -0.1) is 0 Å². The smallest absolute Gasteiger partial charge is 0.122 e. The van der Waals surface area contributed by atoms with Gasteiger partial charge in [0, 0.05) is 12.1 Å². The summed E-state index contributed by atoms with van der Waals surface area (Å²) in [7, 11) is 0. The number of aryl methyl sites for hydroxylation is 1. The van der Waals surface area contributed by atoms with Gasteiger partial charge < -0.3 is 9.84 Å². The molecular weight excluding hydrogens is 238 g/mol. The zero-order valence-electron chi connectivity index (χ0n) is 12.3. The van der Waals surface area contributed by atoms with Crippen molar-refractivity contribution in [2.24, 2.45) is 0 Å². The Labute approximate surface area is 116 Å². The van der Waals surface area contributed by atoms with E-state index in [4.69, 9.17) is 4.74 Å². The molecule has 0 aliphatic carbocycles. The fourth-order valence-corrected chi connectivity index (χ4v) is 2.60. The van der Waals surface area contributed by atoms with Crippen LogP contribution in [0.1, 0.15) is 43.7 Å². The maximum Gasteiger partial charge on any atom is 0.122 e. The van der Waals surface area contributed by atoms with E-state index in [-0.39, 0.29) is 0 Å². The summed E-state index contributed by atoms with van der Waals surface area (Å²) in [4.78, 5) is 2.44. The van der Waals surface area contributed by atoms with Crippen molar-refractivity contribution < 1.29 is 9.84 Å². The Morgan fingerprint density at radius 1 is 1.26 bits per heavy atom. The van der Waals surface area contributed by atoms with Gasteiger partial charge in [0.15, 0.2) is 0 Å². The van der Waals surface area contributed by atoms with E-state index in [0.29, 0.717) is 11.7 Å². The van der Waals surface area contributed by atoms with Crippen molar-refractivity contribution in [1.82, 2.24) is 4.90 Å². The molecular formula is C16H25NO2. The third-order valence-corrected chi connectivity index (χ3v) is 3.81. The van der Waals surface area contributed by atoms with Gasteiger partial charge in [0.05, 0.1) is 0 Å². The molecule has 0 aromatic heterocycles. The number of phenols is 1. The van der Waals surface area contributed by atoms with Gasteiger partial charge in [-0.1, -0.05) is 13.8 Å². The minimum absolute atomic E-state index is 0.307. The van der Waals surface area contributed by atoms with Crippen molar-refractivity contribution in [3.63, 3.8) is 0 Å². The van der Waals surface area contributed by atoms with Crippen LogP contribution in [0.25, 0.3) is 0 Å². The average molecular weight is 263 g/mol.